The Kier molecular flexibility index (Phi) is 6.29. The second-order valence-corrected chi connectivity index (χ2v) is 4.21. The zero-order valence-corrected chi connectivity index (χ0v) is 10.5. The summed E-state index contributed by atoms with van der Waals surface area (Å²) in [5.41, 5.74) is 0.670. The summed E-state index contributed by atoms with van der Waals surface area (Å²) < 4.78 is 0. The van der Waals surface area contributed by atoms with Crippen LogP contribution in [0.25, 0.3) is 0 Å². The highest BCUT2D eigenvalue weighted by molar-refractivity contribution is 5.95. The summed E-state index contributed by atoms with van der Waals surface area (Å²) in [6, 6.07) is 8.11. The second kappa shape index (κ2) is 8.02. The zero-order chi connectivity index (χ0) is 14.1. The molecule has 0 bridgehead atoms. The van der Waals surface area contributed by atoms with Gasteiger partial charge in [0.2, 0.25) is 6.41 Å². The normalized spacial score (nSPS) is 11.6. The van der Waals surface area contributed by atoms with E-state index in [9.17, 15) is 14.4 Å². The Bertz CT molecular complexity index is 430. The van der Waals surface area contributed by atoms with Crippen molar-refractivity contribution in [3.05, 3.63) is 35.9 Å². The number of carboxylic acid groups (broad SMARTS) is 1. The first-order chi connectivity index (χ1) is 9.15. The predicted octanol–water partition coefficient (Wildman–Crippen LogP) is 1.63. The molecule has 1 unspecified atom stereocenters. The number of carboxylic acids is 1. The molecule has 1 amide bonds. The molecule has 0 saturated carbocycles. The number of amides is 1. The fourth-order valence-corrected chi connectivity index (χ4v) is 1.76. The number of carbonyl (C=O) groups is 3. The van der Waals surface area contributed by atoms with Crippen molar-refractivity contribution in [2.24, 2.45) is 0 Å². The highest BCUT2D eigenvalue weighted by Gasteiger charge is 2.15. The van der Waals surface area contributed by atoms with E-state index in [1.54, 1.807) is 12.1 Å². The minimum Gasteiger partial charge on any atom is -0.480 e. The van der Waals surface area contributed by atoms with E-state index in [0.717, 1.165) is 0 Å². The van der Waals surface area contributed by atoms with Gasteiger partial charge >= 0.3 is 5.97 Å². The van der Waals surface area contributed by atoms with Gasteiger partial charge in [0, 0.05) is 12.0 Å². The standard InChI is InChI=1S/C14H17NO4/c16-10-15-12(14(18)19)8-4-5-9-13(17)11-6-2-1-3-7-11/h1-3,6-7,10,12H,4-5,8-9H2,(H,15,16)(H,18,19). The second-order valence-electron chi connectivity index (χ2n) is 4.21. The van der Waals surface area contributed by atoms with Crippen molar-refractivity contribution in [3.63, 3.8) is 0 Å². The van der Waals surface area contributed by atoms with Crippen LogP contribution < -0.4 is 5.32 Å². The lowest BCUT2D eigenvalue weighted by Gasteiger charge is -2.10. The Morgan fingerprint density at radius 3 is 2.47 bits per heavy atom. The third-order valence-corrected chi connectivity index (χ3v) is 2.81. The number of ketones is 1. The van der Waals surface area contributed by atoms with E-state index < -0.39 is 12.0 Å². The first-order valence-corrected chi connectivity index (χ1v) is 6.16. The van der Waals surface area contributed by atoms with Crippen LogP contribution >= 0.6 is 0 Å². The average Bonchev–Trinajstić information content (AvgIpc) is 2.42. The summed E-state index contributed by atoms with van der Waals surface area (Å²) in [6.45, 7) is 0. The molecule has 1 atom stereocenters. The number of aliphatic carboxylic acids is 1. The third kappa shape index (κ3) is 5.33. The van der Waals surface area contributed by atoms with Crippen LogP contribution in [-0.4, -0.2) is 29.3 Å². The molecule has 0 heterocycles. The smallest absolute Gasteiger partial charge is 0.326 e. The van der Waals surface area contributed by atoms with Crippen LogP contribution in [0.3, 0.4) is 0 Å². The van der Waals surface area contributed by atoms with Crippen molar-refractivity contribution < 1.29 is 19.5 Å². The quantitative estimate of drug-likeness (QED) is 0.403. The number of Topliss-reactive ketones (excluding diaryl/α,β-unsaturated/α-hetero) is 1. The number of nitrogens with one attached hydrogen (secondary N) is 1. The number of benzene rings is 1. The minimum absolute atomic E-state index is 0.0517. The summed E-state index contributed by atoms with van der Waals surface area (Å²) in [5, 5.41) is 11.0. The van der Waals surface area contributed by atoms with Crippen molar-refractivity contribution in [1.82, 2.24) is 5.32 Å². The average molecular weight is 263 g/mol. The van der Waals surface area contributed by atoms with Crippen LogP contribution in [0, 0.1) is 0 Å². The van der Waals surface area contributed by atoms with Crippen molar-refractivity contribution >= 4 is 18.2 Å². The molecule has 5 nitrogen and oxygen atoms in total. The van der Waals surface area contributed by atoms with E-state index in [1.165, 1.54) is 0 Å². The Hall–Kier alpha value is -2.17. The maximum atomic E-state index is 11.8. The predicted molar refractivity (Wildman–Crippen MR) is 69.9 cm³/mol. The molecule has 2 N–H and O–H groups in total. The van der Waals surface area contributed by atoms with Crippen molar-refractivity contribution in [2.75, 3.05) is 0 Å². The number of hydrogen-bond acceptors (Lipinski definition) is 3. The van der Waals surface area contributed by atoms with Gasteiger partial charge in [-0.2, -0.15) is 0 Å². The Morgan fingerprint density at radius 1 is 1.21 bits per heavy atom. The molecule has 0 aromatic heterocycles. The fourth-order valence-electron chi connectivity index (χ4n) is 1.76. The largest absolute Gasteiger partial charge is 0.480 e. The molecule has 0 fully saturated rings. The number of unbranched alkanes of at least 4 members (excludes halogenated alkanes) is 1. The third-order valence-electron chi connectivity index (χ3n) is 2.81. The van der Waals surface area contributed by atoms with Crippen LogP contribution in [0.5, 0.6) is 0 Å². The van der Waals surface area contributed by atoms with Gasteiger partial charge in [0.05, 0.1) is 0 Å². The summed E-state index contributed by atoms with van der Waals surface area (Å²) in [4.78, 5) is 32.7. The maximum Gasteiger partial charge on any atom is 0.326 e. The molecule has 0 saturated heterocycles. The van der Waals surface area contributed by atoms with Crippen LogP contribution in [0.1, 0.15) is 36.0 Å². The molecule has 0 radical (unpaired) electrons. The molecule has 0 aliphatic rings. The van der Waals surface area contributed by atoms with Crippen LogP contribution in [0.15, 0.2) is 30.3 Å². The van der Waals surface area contributed by atoms with E-state index in [-0.39, 0.29) is 5.78 Å². The molecule has 1 aromatic carbocycles. The lowest BCUT2D eigenvalue weighted by molar-refractivity contribution is -0.140. The van der Waals surface area contributed by atoms with Gasteiger partial charge in [-0.15, -0.1) is 0 Å². The minimum atomic E-state index is -1.05. The molecule has 1 aromatic rings. The van der Waals surface area contributed by atoms with Gasteiger partial charge in [-0.1, -0.05) is 36.8 Å². The first-order valence-electron chi connectivity index (χ1n) is 6.16. The molecular weight excluding hydrogens is 246 g/mol. The van der Waals surface area contributed by atoms with E-state index in [1.807, 2.05) is 18.2 Å². The molecule has 5 heteroatoms. The lowest BCUT2D eigenvalue weighted by Crippen LogP contribution is -2.35. The van der Waals surface area contributed by atoms with Crippen LogP contribution in [0.4, 0.5) is 0 Å². The SMILES string of the molecule is O=CNC(CCCCC(=O)c1ccccc1)C(=O)O. The van der Waals surface area contributed by atoms with E-state index >= 15 is 0 Å². The van der Waals surface area contributed by atoms with Crippen molar-refractivity contribution in [2.45, 2.75) is 31.7 Å². The summed E-state index contributed by atoms with van der Waals surface area (Å²) >= 11 is 0. The molecule has 0 spiro atoms. The Balaban J connectivity index is 2.29. The van der Waals surface area contributed by atoms with Gasteiger partial charge in [0.25, 0.3) is 0 Å². The van der Waals surface area contributed by atoms with Gasteiger partial charge in [-0.3, -0.25) is 9.59 Å². The molecule has 0 aliphatic carbocycles. The van der Waals surface area contributed by atoms with Gasteiger partial charge in [-0.25, -0.2) is 4.79 Å². The topological polar surface area (TPSA) is 83.5 Å². The monoisotopic (exact) mass is 263 g/mol. The lowest BCUT2D eigenvalue weighted by atomic mass is 10.0. The molecule has 19 heavy (non-hydrogen) atoms. The first kappa shape index (κ1) is 14.9. The Labute approximate surface area is 111 Å². The van der Waals surface area contributed by atoms with Gasteiger partial charge in [0.1, 0.15) is 6.04 Å². The fraction of sp³-hybridized carbons (Fsp3) is 0.357. The van der Waals surface area contributed by atoms with Crippen molar-refractivity contribution in [1.29, 1.82) is 0 Å². The summed E-state index contributed by atoms with van der Waals surface area (Å²) in [5.74, 6) is -1.00. The summed E-state index contributed by atoms with van der Waals surface area (Å²) in [6.07, 6.45) is 2.29. The summed E-state index contributed by atoms with van der Waals surface area (Å²) in [7, 11) is 0. The highest BCUT2D eigenvalue weighted by Crippen LogP contribution is 2.09. The van der Waals surface area contributed by atoms with Gasteiger partial charge in [0.15, 0.2) is 5.78 Å². The Morgan fingerprint density at radius 2 is 1.89 bits per heavy atom. The van der Waals surface area contributed by atoms with Crippen LogP contribution in [-0.2, 0) is 9.59 Å². The van der Waals surface area contributed by atoms with Crippen molar-refractivity contribution in [3.8, 4) is 0 Å². The van der Waals surface area contributed by atoms with Gasteiger partial charge < -0.3 is 10.4 Å². The van der Waals surface area contributed by atoms with Gasteiger partial charge in [-0.05, 0) is 12.8 Å². The molecular formula is C14H17NO4. The van der Waals surface area contributed by atoms with Crippen LogP contribution in [0.2, 0.25) is 0 Å². The van der Waals surface area contributed by atoms with E-state index in [2.05, 4.69) is 5.32 Å². The molecule has 0 aliphatic heterocycles. The van der Waals surface area contributed by atoms with E-state index in [4.69, 9.17) is 5.11 Å². The molecule has 102 valence electrons. The molecule has 1 rings (SSSR count). The number of carbonyl (C=O) groups excluding carboxylic acids is 2. The number of hydrogen-bond donors (Lipinski definition) is 2. The van der Waals surface area contributed by atoms with E-state index in [0.29, 0.717) is 37.7 Å². The zero-order valence-electron chi connectivity index (χ0n) is 10.5. The number of rotatable bonds is 9. The highest BCUT2D eigenvalue weighted by atomic mass is 16.4. The maximum absolute atomic E-state index is 11.8.